The van der Waals surface area contributed by atoms with Gasteiger partial charge in [0, 0.05) is 18.2 Å². The van der Waals surface area contributed by atoms with Gasteiger partial charge in [-0.15, -0.1) is 11.7 Å². The molecule has 0 aliphatic carbocycles. The van der Waals surface area contributed by atoms with Crippen LogP contribution in [0.15, 0.2) is 60.8 Å². The largest absolute Gasteiger partial charge is 0.497 e. The van der Waals surface area contributed by atoms with Crippen molar-refractivity contribution in [1.82, 2.24) is 0 Å². The highest BCUT2D eigenvalue weighted by Gasteiger charge is 2.05. The van der Waals surface area contributed by atoms with E-state index < -0.39 is 0 Å². The fraction of sp³-hybridized carbons (Fsp3) is 0.150. The fourth-order valence-electron chi connectivity index (χ4n) is 2.64. The second kappa shape index (κ2) is 8.27. The van der Waals surface area contributed by atoms with E-state index in [9.17, 15) is 0 Å². The monoisotopic (exact) mass is 354 g/mol. The Hall–Kier alpha value is -1.91. The fourth-order valence-corrected chi connectivity index (χ4v) is 3.16. The quantitative estimate of drug-likeness (QED) is 0.385. The van der Waals surface area contributed by atoms with Crippen molar-refractivity contribution in [2.75, 3.05) is 12.9 Å². The maximum atomic E-state index is 5.28. The summed E-state index contributed by atoms with van der Waals surface area (Å²) in [6.07, 6.45) is 6.42. The van der Waals surface area contributed by atoms with Crippen LogP contribution in [0.3, 0.4) is 0 Å². The zero-order valence-corrected chi connectivity index (χ0v) is 15.3. The van der Waals surface area contributed by atoms with Crippen molar-refractivity contribution >= 4 is 45.4 Å². The normalized spacial score (nSPS) is 11.2. The molecule has 122 valence electrons. The van der Waals surface area contributed by atoms with Gasteiger partial charge in [-0.2, -0.15) is 4.57 Å². The average molecular weight is 355 g/mol. The number of pyridine rings is 1. The zero-order chi connectivity index (χ0) is 16.8. The third-order valence-corrected chi connectivity index (χ3v) is 4.83. The van der Waals surface area contributed by atoms with Crippen LogP contribution in [0.5, 0.6) is 5.75 Å². The number of hydrogen-bond donors (Lipinski definition) is 1. The number of aryl methyl sites for hydroxylation is 1. The molecule has 2 nitrogen and oxygen atoms in total. The highest BCUT2D eigenvalue weighted by Crippen LogP contribution is 2.22. The summed E-state index contributed by atoms with van der Waals surface area (Å²) in [5, 5.41) is 2.40. The summed E-state index contributed by atoms with van der Waals surface area (Å²) in [5.41, 5.74) is 2.38. The van der Waals surface area contributed by atoms with Crippen molar-refractivity contribution in [3.8, 4) is 5.75 Å². The summed E-state index contributed by atoms with van der Waals surface area (Å²) in [4.78, 5) is 0. The molecule has 24 heavy (non-hydrogen) atoms. The molecule has 3 rings (SSSR count). The predicted molar refractivity (Wildman–Crippen MR) is 108 cm³/mol. The topological polar surface area (TPSA) is 13.1 Å². The highest BCUT2D eigenvalue weighted by atomic mass is 33.1. The van der Waals surface area contributed by atoms with E-state index in [0.717, 1.165) is 18.0 Å². The van der Waals surface area contributed by atoms with Crippen LogP contribution in [0.25, 0.3) is 22.9 Å². The lowest BCUT2D eigenvalue weighted by molar-refractivity contribution is -0.694. The van der Waals surface area contributed by atoms with E-state index in [-0.39, 0.29) is 0 Å². The Morgan fingerprint density at radius 3 is 2.71 bits per heavy atom. The number of nitrogens with zero attached hydrogens (tertiary/aromatic N) is 1. The van der Waals surface area contributed by atoms with Crippen molar-refractivity contribution in [1.29, 1.82) is 0 Å². The molecular weight excluding hydrogens is 334 g/mol. The average Bonchev–Trinajstić information content (AvgIpc) is 2.64. The number of hydrogen-bond acceptors (Lipinski definition) is 3. The number of thiol groups is 1. The molecule has 0 saturated carbocycles. The SMILES string of the molecule is COc1ccc2cc(/C=C/c3cccc[n+]3CCSS)ccc2c1. The summed E-state index contributed by atoms with van der Waals surface area (Å²) in [6.45, 7) is 0.951. The van der Waals surface area contributed by atoms with Gasteiger partial charge in [0.1, 0.15) is 5.75 Å². The molecule has 0 bridgehead atoms. The van der Waals surface area contributed by atoms with Crippen LogP contribution in [-0.2, 0) is 6.54 Å². The molecule has 3 aromatic rings. The van der Waals surface area contributed by atoms with E-state index in [1.54, 1.807) is 17.9 Å². The van der Waals surface area contributed by atoms with Crippen LogP contribution in [0.1, 0.15) is 11.3 Å². The summed E-state index contributed by atoms with van der Waals surface area (Å²) >= 11 is 4.22. The van der Waals surface area contributed by atoms with E-state index in [2.05, 4.69) is 83.1 Å². The minimum absolute atomic E-state index is 0.887. The van der Waals surface area contributed by atoms with Crippen molar-refractivity contribution in [2.24, 2.45) is 0 Å². The summed E-state index contributed by atoms with van der Waals surface area (Å²) in [6, 6.07) is 18.9. The molecule has 0 radical (unpaired) electrons. The zero-order valence-electron chi connectivity index (χ0n) is 13.6. The van der Waals surface area contributed by atoms with Gasteiger partial charge < -0.3 is 4.74 Å². The molecular formula is C20H20NOS2+. The molecule has 0 amide bonds. The summed E-state index contributed by atoms with van der Waals surface area (Å²) < 4.78 is 7.52. The standard InChI is InChI=1S/C20H19NOS2/c1-22-20-10-8-17-14-16(5-7-18(17)15-20)6-9-19-4-2-3-11-21(19)12-13-24-23/h2-11,14-15H,12-13H2,1H3/p+1/b9-6+. The van der Waals surface area contributed by atoms with E-state index in [1.165, 1.54) is 22.0 Å². The molecule has 0 N–H and O–H groups in total. The first-order valence-electron chi connectivity index (χ1n) is 7.81. The smallest absolute Gasteiger partial charge is 0.205 e. The van der Waals surface area contributed by atoms with Gasteiger partial charge in [0.2, 0.25) is 5.69 Å². The minimum Gasteiger partial charge on any atom is -0.497 e. The number of rotatable bonds is 6. The van der Waals surface area contributed by atoms with Crippen LogP contribution in [0.2, 0.25) is 0 Å². The molecule has 2 aromatic carbocycles. The molecule has 0 atom stereocenters. The summed E-state index contributed by atoms with van der Waals surface area (Å²) in [5.74, 6) is 1.87. The van der Waals surface area contributed by atoms with Crippen molar-refractivity contribution < 1.29 is 9.30 Å². The van der Waals surface area contributed by atoms with Gasteiger partial charge in [0.15, 0.2) is 12.7 Å². The predicted octanol–water partition coefficient (Wildman–Crippen LogP) is 4.88. The lowest BCUT2D eigenvalue weighted by Gasteiger charge is -2.03. The number of methoxy groups -OCH3 is 1. The molecule has 1 aromatic heterocycles. The third-order valence-electron chi connectivity index (χ3n) is 3.92. The van der Waals surface area contributed by atoms with Gasteiger partial charge >= 0.3 is 0 Å². The van der Waals surface area contributed by atoms with E-state index >= 15 is 0 Å². The number of benzene rings is 2. The lowest BCUT2D eigenvalue weighted by atomic mass is 10.1. The molecule has 4 heteroatoms. The molecule has 0 spiro atoms. The van der Waals surface area contributed by atoms with Gasteiger partial charge in [-0.1, -0.05) is 29.0 Å². The number of ether oxygens (including phenoxy) is 1. The molecule has 0 aliphatic heterocycles. The molecule has 0 aliphatic rings. The maximum absolute atomic E-state index is 5.28. The van der Waals surface area contributed by atoms with Gasteiger partial charge in [0.25, 0.3) is 0 Å². The maximum Gasteiger partial charge on any atom is 0.205 e. The van der Waals surface area contributed by atoms with Crippen LogP contribution >= 0.6 is 22.5 Å². The first kappa shape index (κ1) is 16.9. The Morgan fingerprint density at radius 1 is 1.04 bits per heavy atom. The second-order valence-electron chi connectivity index (χ2n) is 5.46. The first-order chi connectivity index (χ1) is 11.8. The number of aromatic nitrogens is 1. The Balaban J connectivity index is 1.85. The van der Waals surface area contributed by atoms with E-state index in [1.807, 2.05) is 6.07 Å². The van der Waals surface area contributed by atoms with Gasteiger partial charge in [-0.3, -0.25) is 0 Å². The van der Waals surface area contributed by atoms with Crippen LogP contribution in [0.4, 0.5) is 0 Å². The molecule has 0 fully saturated rings. The highest BCUT2D eigenvalue weighted by molar-refractivity contribution is 8.68. The van der Waals surface area contributed by atoms with Crippen LogP contribution in [0, 0.1) is 0 Å². The van der Waals surface area contributed by atoms with Crippen LogP contribution in [-0.4, -0.2) is 12.9 Å². The Labute approximate surface area is 152 Å². The van der Waals surface area contributed by atoms with Crippen molar-refractivity contribution in [2.45, 2.75) is 6.54 Å². The molecule has 0 unspecified atom stereocenters. The van der Waals surface area contributed by atoms with Crippen molar-refractivity contribution in [3.05, 3.63) is 72.1 Å². The Kier molecular flexibility index (Phi) is 5.83. The van der Waals surface area contributed by atoms with Gasteiger partial charge in [0.05, 0.1) is 12.9 Å². The Morgan fingerprint density at radius 2 is 1.88 bits per heavy atom. The lowest BCUT2D eigenvalue weighted by Crippen LogP contribution is -2.37. The third kappa shape index (κ3) is 4.13. The summed E-state index contributed by atoms with van der Waals surface area (Å²) in [7, 11) is 3.26. The van der Waals surface area contributed by atoms with E-state index in [4.69, 9.17) is 4.74 Å². The Bertz CT molecular complexity index is 861. The van der Waals surface area contributed by atoms with E-state index in [0.29, 0.717) is 0 Å². The molecule has 1 heterocycles. The second-order valence-corrected chi connectivity index (χ2v) is 6.90. The van der Waals surface area contributed by atoms with Crippen molar-refractivity contribution in [3.63, 3.8) is 0 Å². The first-order valence-corrected chi connectivity index (χ1v) is 9.85. The van der Waals surface area contributed by atoms with Gasteiger partial charge in [-0.25, -0.2) is 0 Å². The number of fused-ring (bicyclic) bond motifs is 1. The van der Waals surface area contributed by atoms with Crippen LogP contribution < -0.4 is 9.30 Å². The molecule has 0 saturated heterocycles. The minimum atomic E-state index is 0.887. The van der Waals surface area contributed by atoms with Gasteiger partial charge in [-0.05, 0) is 46.7 Å².